The smallest absolute Gasteiger partial charge is 0.0152 e. The average Bonchev–Trinajstić information content (AvgIpc) is 1.81. The van der Waals surface area contributed by atoms with E-state index in [1.54, 1.807) is 0 Å². The molecule has 0 amide bonds. The summed E-state index contributed by atoms with van der Waals surface area (Å²) in [6.45, 7) is 2.34. The number of hydrogen-bond acceptors (Lipinski definition) is 3. The zero-order valence-electron chi connectivity index (χ0n) is 4.93. The van der Waals surface area contributed by atoms with Crippen LogP contribution in [-0.2, 0) is 0 Å². The van der Waals surface area contributed by atoms with E-state index in [1.165, 1.54) is 6.20 Å². The second-order valence-electron chi connectivity index (χ2n) is 1.42. The molecule has 0 rings (SSSR count). The lowest BCUT2D eigenvalue weighted by Crippen LogP contribution is -2.22. The van der Waals surface area contributed by atoms with Gasteiger partial charge in [-0.2, -0.15) is 0 Å². The Morgan fingerprint density at radius 3 is 2.75 bits per heavy atom. The Kier molecular flexibility index (Phi) is 6.02. The van der Waals surface area contributed by atoms with Crippen LogP contribution in [0.1, 0.15) is 0 Å². The zero-order chi connectivity index (χ0) is 6.24. The summed E-state index contributed by atoms with van der Waals surface area (Å²) in [4.78, 5) is 0. The highest BCUT2D eigenvalue weighted by molar-refractivity contribution is 4.77. The highest BCUT2D eigenvalue weighted by atomic mass is 14.9. The van der Waals surface area contributed by atoms with E-state index < -0.39 is 0 Å². The molecule has 3 heteroatoms. The first kappa shape index (κ1) is 7.46. The van der Waals surface area contributed by atoms with Gasteiger partial charge in [0.05, 0.1) is 0 Å². The third-order valence-corrected chi connectivity index (χ3v) is 0.719. The lowest BCUT2D eigenvalue weighted by molar-refractivity contribution is 0.753. The molecule has 0 aromatic rings. The van der Waals surface area contributed by atoms with Crippen molar-refractivity contribution in [1.29, 1.82) is 0 Å². The molecule has 0 radical (unpaired) electrons. The highest BCUT2D eigenvalue weighted by Gasteiger charge is 1.75. The van der Waals surface area contributed by atoms with Gasteiger partial charge in [0.2, 0.25) is 0 Å². The largest absolute Gasteiger partial charge is 0.405 e. The molecule has 0 aliphatic carbocycles. The predicted octanol–water partition coefficient (Wildman–Crippen LogP) is -0.993. The molecule has 3 nitrogen and oxygen atoms in total. The molecule has 0 heterocycles. The molecule has 48 valence electrons. The van der Waals surface area contributed by atoms with Crippen LogP contribution in [-0.4, -0.2) is 19.6 Å². The molecule has 0 aliphatic rings. The molecule has 0 spiro atoms. The van der Waals surface area contributed by atoms with Gasteiger partial charge in [-0.1, -0.05) is 6.08 Å². The summed E-state index contributed by atoms with van der Waals surface area (Å²) in [5.74, 6) is 0. The first-order valence-corrected chi connectivity index (χ1v) is 2.69. The molecule has 0 unspecified atom stereocenters. The fourth-order valence-corrected chi connectivity index (χ4v) is 0.355. The molecule has 0 atom stereocenters. The van der Waals surface area contributed by atoms with Gasteiger partial charge in [-0.15, -0.1) is 0 Å². The maximum atomic E-state index is 5.19. The third kappa shape index (κ3) is 5.46. The van der Waals surface area contributed by atoms with E-state index in [1.807, 2.05) is 6.08 Å². The van der Waals surface area contributed by atoms with Crippen molar-refractivity contribution in [2.45, 2.75) is 0 Å². The van der Waals surface area contributed by atoms with Gasteiger partial charge in [-0.25, -0.2) is 0 Å². The molecular formula is C5H13N3. The Morgan fingerprint density at radius 2 is 2.25 bits per heavy atom. The lowest BCUT2D eigenvalue weighted by Gasteiger charge is -1.94. The van der Waals surface area contributed by atoms with Crippen molar-refractivity contribution in [2.75, 3.05) is 19.6 Å². The molecule has 0 bridgehead atoms. The number of rotatable bonds is 4. The Morgan fingerprint density at radius 1 is 1.50 bits per heavy atom. The van der Waals surface area contributed by atoms with Gasteiger partial charge >= 0.3 is 0 Å². The summed E-state index contributed by atoms with van der Waals surface area (Å²) in [5, 5.41) is 3.04. The van der Waals surface area contributed by atoms with Gasteiger partial charge in [0, 0.05) is 19.6 Å². The van der Waals surface area contributed by atoms with Crippen molar-refractivity contribution >= 4 is 0 Å². The van der Waals surface area contributed by atoms with Gasteiger partial charge in [0.25, 0.3) is 0 Å². The number of nitrogens with one attached hydrogen (secondary N) is 1. The van der Waals surface area contributed by atoms with Crippen LogP contribution in [0.15, 0.2) is 12.3 Å². The van der Waals surface area contributed by atoms with Gasteiger partial charge in [0.15, 0.2) is 0 Å². The quantitative estimate of drug-likeness (QED) is 0.412. The number of hydrogen-bond donors (Lipinski definition) is 3. The maximum Gasteiger partial charge on any atom is 0.0152 e. The molecule has 0 saturated carbocycles. The second kappa shape index (κ2) is 6.46. The van der Waals surface area contributed by atoms with Crippen molar-refractivity contribution in [3.8, 4) is 0 Å². The molecular weight excluding hydrogens is 102 g/mol. The minimum absolute atomic E-state index is 0.679. The summed E-state index contributed by atoms with van der Waals surface area (Å²) in [6.07, 6.45) is 3.36. The molecule has 0 aromatic carbocycles. The highest BCUT2D eigenvalue weighted by Crippen LogP contribution is 1.59. The van der Waals surface area contributed by atoms with Crippen LogP contribution in [0.5, 0.6) is 0 Å². The van der Waals surface area contributed by atoms with E-state index >= 15 is 0 Å². The third-order valence-electron chi connectivity index (χ3n) is 0.719. The first-order chi connectivity index (χ1) is 3.91. The SMILES string of the molecule is NC=CCNCCN. The lowest BCUT2D eigenvalue weighted by atomic mass is 10.5. The van der Waals surface area contributed by atoms with Crippen LogP contribution in [0, 0.1) is 0 Å². The van der Waals surface area contributed by atoms with Crippen molar-refractivity contribution in [2.24, 2.45) is 11.5 Å². The predicted molar refractivity (Wildman–Crippen MR) is 35.3 cm³/mol. The summed E-state index contributed by atoms with van der Waals surface area (Å²) in [6, 6.07) is 0. The zero-order valence-corrected chi connectivity index (χ0v) is 4.93. The van der Waals surface area contributed by atoms with Crippen LogP contribution in [0.4, 0.5) is 0 Å². The molecule has 0 aliphatic heterocycles. The molecule has 0 fully saturated rings. The second-order valence-corrected chi connectivity index (χ2v) is 1.42. The number of nitrogens with two attached hydrogens (primary N) is 2. The van der Waals surface area contributed by atoms with E-state index in [0.717, 1.165) is 13.1 Å². The summed E-state index contributed by atoms with van der Waals surface area (Å²) in [5.41, 5.74) is 10.3. The summed E-state index contributed by atoms with van der Waals surface area (Å²) >= 11 is 0. The molecule has 5 N–H and O–H groups in total. The van der Waals surface area contributed by atoms with Gasteiger partial charge in [-0.3, -0.25) is 0 Å². The Hall–Kier alpha value is -0.540. The van der Waals surface area contributed by atoms with E-state index in [4.69, 9.17) is 11.5 Å². The van der Waals surface area contributed by atoms with Crippen molar-refractivity contribution < 1.29 is 0 Å². The van der Waals surface area contributed by atoms with Crippen LogP contribution >= 0.6 is 0 Å². The minimum Gasteiger partial charge on any atom is -0.405 e. The van der Waals surface area contributed by atoms with E-state index in [-0.39, 0.29) is 0 Å². The van der Waals surface area contributed by atoms with E-state index in [2.05, 4.69) is 5.32 Å². The normalized spacial score (nSPS) is 10.6. The first-order valence-electron chi connectivity index (χ1n) is 2.69. The van der Waals surface area contributed by atoms with Gasteiger partial charge in [0.1, 0.15) is 0 Å². The molecule has 8 heavy (non-hydrogen) atoms. The van der Waals surface area contributed by atoms with E-state index in [0.29, 0.717) is 6.54 Å². The van der Waals surface area contributed by atoms with Crippen LogP contribution in [0.3, 0.4) is 0 Å². The minimum atomic E-state index is 0.679. The fraction of sp³-hybridized carbons (Fsp3) is 0.600. The maximum absolute atomic E-state index is 5.19. The van der Waals surface area contributed by atoms with Crippen molar-refractivity contribution in [3.05, 3.63) is 12.3 Å². The monoisotopic (exact) mass is 115 g/mol. The van der Waals surface area contributed by atoms with Crippen LogP contribution < -0.4 is 16.8 Å². The van der Waals surface area contributed by atoms with Gasteiger partial charge < -0.3 is 16.8 Å². The summed E-state index contributed by atoms with van der Waals surface area (Å²) in [7, 11) is 0. The Bertz CT molecular complexity index is 60.7. The fourth-order valence-electron chi connectivity index (χ4n) is 0.355. The standard InChI is InChI=1S/C5H13N3/c6-2-1-4-8-5-3-7/h1-2,8H,3-7H2. The van der Waals surface area contributed by atoms with Crippen LogP contribution in [0.2, 0.25) is 0 Å². The Labute approximate surface area is 49.7 Å². The van der Waals surface area contributed by atoms with E-state index in [9.17, 15) is 0 Å². The Balaban J connectivity index is 2.72. The average molecular weight is 115 g/mol. The molecule has 0 saturated heterocycles. The van der Waals surface area contributed by atoms with Crippen molar-refractivity contribution in [1.82, 2.24) is 5.32 Å². The topological polar surface area (TPSA) is 64.1 Å². The van der Waals surface area contributed by atoms with Crippen LogP contribution in [0.25, 0.3) is 0 Å². The van der Waals surface area contributed by atoms with Gasteiger partial charge in [-0.05, 0) is 6.20 Å². The summed E-state index contributed by atoms with van der Waals surface area (Å²) < 4.78 is 0. The van der Waals surface area contributed by atoms with Crippen molar-refractivity contribution in [3.63, 3.8) is 0 Å². The molecule has 0 aromatic heterocycles.